The molecule has 8 heteroatoms. The van der Waals surface area contributed by atoms with E-state index in [1.807, 2.05) is 0 Å². The summed E-state index contributed by atoms with van der Waals surface area (Å²) < 4.78 is 5.29. The van der Waals surface area contributed by atoms with E-state index in [-0.39, 0.29) is 36.4 Å². The molecule has 0 aromatic heterocycles. The summed E-state index contributed by atoms with van der Waals surface area (Å²) in [5.74, 6) is -1.29. The van der Waals surface area contributed by atoms with Crippen LogP contribution < -0.4 is 10.6 Å². The molecule has 8 nitrogen and oxygen atoms in total. The lowest BCUT2D eigenvalue weighted by atomic mass is 10.1. The Balaban J connectivity index is 1.57. The van der Waals surface area contributed by atoms with Crippen LogP contribution in [0.5, 0.6) is 0 Å². The predicted molar refractivity (Wildman–Crippen MR) is 101 cm³/mol. The van der Waals surface area contributed by atoms with Crippen LogP contribution in [0, 0.1) is 0 Å². The molecule has 1 saturated heterocycles. The van der Waals surface area contributed by atoms with Crippen LogP contribution in [0.1, 0.15) is 64.7 Å². The highest BCUT2D eigenvalue weighted by molar-refractivity contribution is 6.22. The zero-order valence-corrected chi connectivity index (χ0v) is 16.3. The van der Waals surface area contributed by atoms with Gasteiger partial charge >= 0.3 is 0 Å². The van der Waals surface area contributed by atoms with Crippen LogP contribution in [-0.4, -0.2) is 59.9 Å². The van der Waals surface area contributed by atoms with Crippen LogP contribution >= 0.6 is 0 Å². The second kappa shape index (κ2) is 7.71. The SMILES string of the molecule is CC(C)(C)N1C(=O)c2ccc(C(=O)NCCNC(=O)C3CCCO3)cc2C1=O. The quantitative estimate of drug-likeness (QED) is 0.582. The van der Waals surface area contributed by atoms with Gasteiger partial charge in [-0.2, -0.15) is 0 Å². The number of hydrogen-bond acceptors (Lipinski definition) is 5. The molecule has 2 heterocycles. The third-order valence-electron chi connectivity index (χ3n) is 4.75. The maximum Gasteiger partial charge on any atom is 0.262 e. The fraction of sp³-hybridized carbons (Fsp3) is 0.500. The second-order valence-corrected chi connectivity index (χ2v) is 7.93. The number of carbonyl (C=O) groups excluding carboxylic acids is 4. The van der Waals surface area contributed by atoms with Crippen molar-refractivity contribution < 1.29 is 23.9 Å². The highest BCUT2D eigenvalue weighted by atomic mass is 16.5. The first-order valence-electron chi connectivity index (χ1n) is 9.40. The summed E-state index contributed by atoms with van der Waals surface area (Å²) in [4.78, 5) is 50.5. The summed E-state index contributed by atoms with van der Waals surface area (Å²) in [5, 5.41) is 5.42. The van der Waals surface area contributed by atoms with E-state index in [0.717, 1.165) is 6.42 Å². The van der Waals surface area contributed by atoms with Crippen molar-refractivity contribution >= 4 is 23.6 Å². The molecule has 150 valence electrons. The molecule has 1 aromatic carbocycles. The molecule has 1 fully saturated rings. The highest BCUT2D eigenvalue weighted by Crippen LogP contribution is 2.29. The summed E-state index contributed by atoms with van der Waals surface area (Å²) in [7, 11) is 0. The van der Waals surface area contributed by atoms with Crippen LogP contribution in [0.2, 0.25) is 0 Å². The number of nitrogens with one attached hydrogen (secondary N) is 2. The van der Waals surface area contributed by atoms with Crippen LogP contribution in [0.25, 0.3) is 0 Å². The van der Waals surface area contributed by atoms with E-state index in [1.54, 1.807) is 20.8 Å². The molecule has 0 spiro atoms. The van der Waals surface area contributed by atoms with Crippen LogP contribution in [-0.2, 0) is 9.53 Å². The van der Waals surface area contributed by atoms with Gasteiger partial charge in [0, 0.05) is 30.8 Å². The normalized spacial score (nSPS) is 19.0. The van der Waals surface area contributed by atoms with E-state index in [2.05, 4.69) is 10.6 Å². The zero-order chi connectivity index (χ0) is 20.5. The second-order valence-electron chi connectivity index (χ2n) is 7.93. The molecule has 4 amide bonds. The molecule has 1 aromatic rings. The number of carbonyl (C=O) groups is 4. The Morgan fingerprint density at radius 3 is 2.43 bits per heavy atom. The number of ether oxygens (including phenoxy) is 1. The first kappa shape index (κ1) is 20.0. The Bertz CT molecular complexity index is 822. The van der Waals surface area contributed by atoms with E-state index < -0.39 is 17.6 Å². The van der Waals surface area contributed by atoms with E-state index in [1.165, 1.54) is 23.1 Å². The van der Waals surface area contributed by atoms with Gasteiger partial charge in [0.05, 0.1) is 11.1 Å². The van der Waals surface area contributed by atoms with Gasteiger partial charge in [-0.3, -0.25) is 24.1 Å². The summed E-state index contributed by atoms with van der Waals surface area (Å²) in [6, 6.07) is 4.48. The Hall–Kier alpha value is -2.74. The lowest BCUT2D eigenvalue weighted by molar-refractivity contribution is -0.129. The molecule has 1 atom stereocenters. The van der Waals surface area contributed by atoms with Gasteiger partial charge < -0.3 is 15.4 Å². The molecular formula is C20H25N3O5. The Morgan fingerprint density at radius 2 is 1.79 bits per heavy atom. The van der Waals surface area contributed by atoms with Gasteiger partial charge in [-0.05, 0) is 51.8 Å². The molecule has 0 aliphatic carbocycles. The third-order valence-corrected chi connectivity index (χ3v) is 4.75. The largest absolute Gasteiger partial charge is 0.368 e. The molecule has 2 aliphatic heterocycles. The molecule has 1 unspecified atom stereocenters. The fourth-order valence-corrected chi connectivity index (χ4v) is 3.35. The first-order valence-corrected chi connectivity index (χ1v) is 9.40. The smallest absolute Gasteiger partial charge is 0.262 e. The van der Waals surface area contributed by atoms with Gasteiger partial charge in [0.25, 0.3) is 17.7 Å². The predicted octanol–water partition coefficient (Wildman–Crippen LogP) is 1.11. The molecule has 28 heavy (non-hydrogen) atoms. The van der Waals surface area contributed by atoms with Gasteiger partial charge in [0.2, 0.25) is 5.91 Å². The minimum atomic E-state index is -0.642. The van der Waals surface area contributed by atoms with Gasteiger partial charge in [-0.15, -0.1) is 0 Å². The minimum Gasteiger partial charge on any atom is -0.368 e. The van der Waals surface area contributed by atoms with Gasteiger partial charge in [-0.25, -0.2) is 0 Å². The van der Waals surface area contributed by atoms with Gasteiger partial charge in [0.15, 0.2) is 0 Å². The van der Waals surface area contributed by atoms with Crippen molar-refractivity contribution in [1.29, 1.82) is 0 Å². The van der Waals surface area contributed by atoms with Crippen molar-refractivity contribution in [2.24, 2.45) is 0 Å². The third kappa shape index (κ3) is 3.91. The average molecular weight is 387 g/mol. The van der Waals surface area contributed by atoms with Crippen LogP contribution in [0.3, 0.4) is 0 Å². The van der Waals surface area contributed by atoms with E-state index in [4.69, 9.17) is 4.74 Å². The van der Waals surface area contributed by atoms with Crippen molar-refractivity contribution in [1.82, 2.24) is 15.5 Å². The molecule has 0 bridgehead atoms. The zero-order valence-electron chi connectivity index (χ0n) is 16.3. The van der Waals surface area contributed by atoms with Crippen molar-refractivity contribution in [2.75, 3.05) is 19.7 Å². The first-order chi connectivity index (χ1) is 13.2. The number of nitrogens with zero attached hydrogens (tertiary/aromatic N) is 1. The summed E-state index contributed by atoms with van der Waals surface area (Å²) in [6.45, 7) is 6.48. The van der Waals surface area contributed by atoms with E-state index in [0.29, 0.717) is 24.2 Å². The Labute approximate surface area is 163 Å². The summed E-state index contributed by atoms with van der Waals surface area (Å²) in [5.41, 5.74) is 0.192. The number of amides is 4. The molecular weight excluding hydrogens is 362 g/mol. The highest BCUT2D eigenvalue weighted by Gasteiger charge is 2.42. The number of fused-ring (bicyclic) bond motifs is 1. The fourth-order valence-electron chi connectivity index (χ4n) is 3.35. The molecule has 3 rings (SSSR count). The Morgan fingerprint density at radius 1 is 1.11 bits per heavy atom. The monoisotopic (exact) mass is 387 g/mol. The number of hydrogen-bond donors (Lipinski definition) is 2. The van der Waals surface area contributed by atoms with Crippen molar-refractivity contribution in [2.45, 2.75) is 45.3 Å². The van der Waals surface area contributed by atoms with E-state index in [9.17, 15) is 19.2 Å². The molecule has 0 radical (unpaired) electrons. The lowest BCUT2D eigenvalue weighted by Crippen LogP contribution is -2.45. The van der Waals surface area contributed by atoms with Crippen LogP contribution in [0.15, 0.2) is 18.2 Å². The average Bonchev–Trinajstić information content (AvgIpc) is 3.25. The van der Waals surface area contributed by atoms with Gasteiger partial charge in [-0.1, -0.05) is 0 Å². The number of imide groups is 1. The maximum absolute atomic E-state index is 12.6. The van der Waals surface area contributed by atoms with Crippen molar-refractivity contribution in [3.05, 3.63) is 34.9 Å². The summed E-state index contributed by atoms with van der Waals surface area (Å²) in [6.07, 6.45) is 1.19. The molecule has 2 aliphatic rings. The maximum atomic E-state index is 12.6. The van der Waals surface area contributed by atoms with Crippen LogP contribution in [0.4, 0.5) is 0 Å². The molecule has 0 saturated carbocycles. The van der Waals surface area contributed by atoms with Crippen molar-refractivity contribution in [3.63, 3.8) is 0 Å². The number of benzene rings is 1. The Kier molecular flexibility index (Phi) is 5.51. The molecule has 2 N–H and O–H groups in total. The minimum absolute atomic E-state index is 0.171. The standard InChI is InChI=1S/C20H25N3O5/c1-20(2,3)23-18(26)13-7-6-12(11-14(13)19(23)27)16(24)21-8-9-22-17(25)15-5-4-10-28-15/h6-7,11,15H,4-5,8-10H2,1-3H3,(H,21,24)(H,22,25). The van der Waals surface area contributed by atoms with Crippen molar-refractivity contribution in [3.8, 4) is 0 Å². The topological polar surface area (TPSA) is 105 Å². The lowest BCUT2D eigenvalue weighted by Gasteiger charge is -2.29. The van der Waals surface area contributed by atoms with E-state index >= 15 is 0 Å². The van der Waals surface area contributed by atoms with Gasteiger partial charge in [0.1, 0.15) is 6.10 Å². The summed E-state index contributed by atoms with van der Waals surface area (Å²) >= 11 is 0. The number of rotatable bonds is 5.